The van der Waals surface area contributed by atoms with Crippen molar-refractivity contribution in [1.29, 1.82) is 0 Å². The second kappa shape index (κ2) is 18.2. The van der Waals surface area contributed by atoms with Crippen molar-refractivity contribution in [3.8, 4) is 0 Å². The van der Waals surface area contributed by atoms with Gasteiger partial charge in [0.05, 0.1) is 30.5 Å². The lowest BCUT2D eigenvalue weighted by molar-refractivity contribution is -0.0226. The van der Waals surface area contributed by atoms with Crippen molar-refractivity contribution in [2.45, 2.75) is 212 Å². The summed E-state index contributed by atoms with van der Waals surface area (Å²) in [6, 6.07) is 0. The van der Waals surface area contributed by atoms with Crippen molar-refractivity contribution in [2.24, 2.45) is 0 Å². The first-order chi connectivity index (χ1) is 20.9. The minimum atomic E-state index is -2.11. The fourth-order valence-electron chi connectivity index (χ4n) is 4.90. The molecule has 1 heterocycles. The fraction of sp³-hybridized carbons (Fsp3) is 0.895. The highest BCUT2D eigenvalue weighted by Crippen LogP contribution is 2.43. The molecule has 0 aliphatic carbocycles. The molecule has 1 saturated heterocycles. The van der Waals surface area contributed by atoms with Crippen molar-refractivity contribution in [3.05, 3.63) is 24.3 Å². The highest BCUT2D eigenvalue weighted by Gasteiger charge is 2.48. The van der Waals surface area contributed by atoms with Crippen LogP contribution in [0.5, 0.6) is 0 Å². The molecule has 0 aromatic heterocycles. The molecule has 46 heavy (non-hydrogen) atoms. The molecule has 1 fully saturated rings. The van der Waals surface area contributed by atoms with E-state index in [-0.39, 0.29) is 52.2 Å². The Balaban J connectivity index is 3.47. The Bertz CT molecular complexity index is 924. The van der Waals surface area contributed by atoms with Gasteiger partial charge in [-0.15, -0.1) is 0 Å². The molecule has 0 saturated carbocycles. The number of hydrogen-bond donors (Lipinski definition) is 1. The molecular weight excluding hydrogens is 621 g/mol. The van der Waals surface area contributed by atoms with E-state index in [1.165, 1.54) is 19.3 Å². The summed E-state index contributed by atoms with van der Waals surface area (Å²) in [5.74, 6) is 0. The van der Waals surface area contributed by atoms with Gasteiger partial charge in [0, 0.05) is 13.0 Å². The topological polar surface area (TPSA) is 57.2 Å². The van der Waals surface area contributed by atoms with Gasteiger partial charge in [0.15, 0.2) is 25.0 Å². The predicted octanol–water partition coefficient (Wildman–Crippen LogP) is 11.6. The van der Waals surface area contributed by atoms with Gasteiger partial charge >= 0.3 is 0 Å². The van der Waals surface area contributed by atoms with Crippen molar-refractivity contribution in [2.75, 3.05) is 6.61 Å². The third kappa shape index (κ3) is 14.0. The van der Waals surface area contributed by atoms with Gasteiger partial charge in [0.25, 0.3) is 0 Å². The number of rotatable bonds is 19. The van der Waals surface area contributed by atoms with E-state index in [1.54, 1.807) is 0 Å². The lowest BCUT2D eigenvalue weighted by atomic mass is 10.0. The molecule has 1 rings (SSSR count). The van der Waals surface area contributed by atoms with Gasteiger partial charge in [-0.25, -0.2) is 0 Å². The van der Waals surface area contributed by atoms with E-state index < -0.39 is 25.0 Å². The molecule has 0 aromatic carbocycles. The maximum absolute atomic E-state index is 9.16. The number of aliphatic hydroxyl groups is 1. The van der Waals surface area contributed by atoms with Crippen LogP contribution in [0.2, 0.25) is 54.4 Å². The van der Waals surface area contributed by atoms with Crippen LogP contribution >= 0.6 is 0 Å². The molecule has 272 valence electrons. The minimum absolute atomic E-state index is 0.00374. The summed E-state index contributed by atoms with van der Waals surface area (Å²) in [5, 5.41) is 9.53. The summed E-state index contributed by atoms with van der Waals surface area (Å²) in [6.07, 6.45) is 18.2. The summed E-state index contributed by atoms with van der Waals surface area (Å²) in [5.41, 5.74) is 0. The number of unbranched alkanes of at least 4 members (excludes halogenated alkanes) is 4. The molecule has 5 nitrogen and oxygen atoms in total. The van der Waals surface area contributed by atoms with E-state index in [1.807, 2.05) is 0 Å². The third-order valence-electron chi connectivity index (χ3n) is 11.3. The maximum atomic E-state index is 9.16. The Morgan fingerprint density at radius 1 is 0.739 bits per heavy atom. The first-order valence-electron chi connectivity index (χ1n) is 18.5. The molecular formula is C38H78O5Si3. The molecule has 0 aromatic rings. The lowest BCUT2D eigenvalue weighted by Crippen LogP contribution is -2.47. The van der Waals surface area contributed by atoms with Crippen LogP contribution in [-0.4, -0.2) is 67.2 Å². The Labute approximate surface area is 290 Å². The van der Waals surface area contributed by atoms with Crippen LogP contribution in [-0.2, 0) is 18.0 Å². The SMILES string of the molecule is CCCCC[C@H](/C=C/[C@@H](O[Si](C)(C)C(C)(C)C)[C@@H]1C[C@H](O[Si](C)(C)C(C)(C)C)[C@H](C/C=C\CCCCO)O1)O[Si](C)(C)C(C)(C)C. The normalized spacial score (nSPS) is 22.3. The Kier molecular flexibility index (Phi) is 17.4. The van der Waals surface area contributed by atoms with Crippen LogP contribution in [0.15, 0.2) is 24.3 Å². The van der Waals surface area contributed by atoms with Gasteiger partial charge in [0.2, 0.25) is 0 Å². The van der Waals surface area contributed by atoms with E-state index in [0.29, 0.717) is 0 Å². The fourth-order valence-corrected chi connectivity index (χ4v) is 8.83. The first kappa shape index (κ1) is 44.0. The van der Waals surface area contributed by atoms with Crippen LogP contribution in [0.25, 0.3) is 0 Å². The Morgan fingerprint density at radius 2 is 1.30 bits per heavy atom. The average molecular weight is 699 g/mol. The molecule has 8 heteroatoms. The smallest absolute Gasteiger partial charge is 0.193 e. The molecule has 1 aliphatic rings. The number of allylic oxidation sites excluding steroid dienone is 1. The van der Waals surface area contributed by atoms with E-state index in [0.717, 1.165) is 38.5 Å². The Morgan fingerprint density at radius 3 is 1.83 bits per heavy atom. The van der Waals surface area contributed by atoms with Gasteiger partial charge < -0.3 is 23.1 Å². The third-order valence-corrected chi connectivity index (χ3v) is 24.7. The van der Waals surface area contributed by atoms with Crippen molar-refractivity contribution in [1.82, 2.24) is 0 Å². The van der Waals surface area contributed by atoms with Crippen LogP contribution in [0.1, 0.15) is 127 Å². The standard InChI is InChI=1S/C38H78O5Si3/c1-17-18-22-25-31(41-44(11,12)36(2,3)4)27-28-33(42-45(13,14)37(5,6)7)34-30-35(43-46(15,16)38(8,9)10)32(40-34)26-23-20-19-21-24-29-39/h20,23,27-28,31-35,39H,17-19,21-22,24-26,29-30H2,1-16H3/b23-20-,28-27+/t31-,32+,33-,34+,35+/m1/s1. The van der Waals surface area contributed by atoms with Gasteiger partial charge in [0.1, 0.15) is 0 Å². The zero-order chi connectivity index (χ0) is 35.6. The average Bonchev–Trinajstić information content (AvgIpc) is 3.27. The van der Waals surface area contributed by atoms with Crippen LogP contribution < -0.4 is 0 Å². The molecule has 0 bridgehead atoms. The Hall–Kier alpha value is -0.0694. The summed E-state index contributed by atoms with van der Waals surface area (Å²) in [7, 11) is -6.08. The van der Waals surface area contributed by atoms with E-state index >= 15 is 0 Å². The second-order valence-corrected chi connectivity index (χ2v) is 32.7. The molecule has 0 unspecified atom stereocenters. The molecule has 5 atom stereocenters. The van der Waals surface area contributed by atoms with Gasteiger partial charge in [-0.05, 0) is 86.5 Å². The molecule has 0 spiro atoms. The summed E-state index contributed by atoms with van der Waals surface area (Å²) in [4.78, 5) is 0. The molecule has 1 N–H and O–H groups in total. The van der Waals surface area contributed by atoms with Gasteiger partial charge in [-0.3, -0.25) is 0 Å². The molecule has 1 aliphatic heterocycles. The highest BCUT2D eigenvalue weighted by atomic mass is 28.4. The molecule has 0 amide bonds. The van der Waals surface area contributed by atoms with Crippen molar-refractivity contribution < 1.29 is 23.1 Å². The quantitative estimate of drug-likeness (QED) is 0.0826. The largest absolute Gasteiger partial charge is 0.411 e. The second-order valence-electron chi connectivity index (χ2n) is 18.4. The number of ether oxygens (including phenoxy) is 1. The lowest BCUT2D eigenvalue weighted by Gasteiger charge is -2.40. The summed E-state index contributed by atoms with van der Waals surface area (Å²) in [6.45, 7) is 37.5. The van der Waals surface area contributed by atoms with Gasteiger partial charge in [-0.2, -0.15) is 0 Å². The first-order valence-corrected chi connectivity index (χ1v) is 27.2. The van der Waals surface area contributed by atoms with E-state index in [9.17, 15) is 0 Å². The van der Waals surface area contributed by atoms with E-state index in [4.69, 9.17) is 23.1 Å². The van der Waals surface area contributed by atoms with E-state index in [2.05, 4.69) is 133 Å². The van der Waals surface area contributed by atoms with Crippen LogP contribution in [0.3, 0.4) is 0 Å². The monoisotopic (exact) mass is 699 g/mol. The maximum Gasteiger partial charge on any atom is 0.193 e. The van der Waals surface area contributed by atoms with Crippen molar-refractivity contribution >= 4 is 25.0 Å². The van der Waals surface area contributed by atoms with Crippen LogP contribution in [0, 0.1) is 0 Å². The van der Waals surface area contributed by atoms with Gasteiger partial charge in [-0.1, -0.05) is 113 Å². The zero-order valence-corrected chi connectivity index (χ0v) is 36.3. The zero-order valence-electron chi connectivity index (χ0n) is 33.3. The number of hydrogen-bond acceptors (Lipinski definition) is 5. The van der Waals surface area contributed by atoms with Crippen molar-refractivity contribution in [3.63, 3.8) is 0 Å². The summed E-state index contributed by atoms with van der Waals surface area (Å²) < 4.78 is 28.3. The number of aliphatic hydroxyl groups excluding tert-OH is 1. The predicted molar refractivity (Wildman–Crippen MR) is 207 cm³/mol. The van der Waals surface area contributed by atoms with Crippen LogP contribution in [0.4, 0.5) is 0 Å². The summed E-state index contributed by atoms with van der Waals surface area (Å²) >= 11 is 0. The molecule has 0 radical (unpaired) electrons. The highest BCUT2D eigenvalue weighted by molar-refractivity contribution is 6.75. The minimum Gasteiger partial charge on any atom is -0.411 e.